The number of carbonyl (C=O) groups is 1. The van der Waals surface area contributed by atoms with Gasteiger partial charge in [0.2, 0.25) is 5.91 Å². The largest absolute Gasteiger partial charge is 0.333 e. The Morgan fingerprint density at radius 1 is 1.28 bits per heavy atom. The fourth-order valence-corrected chi connectivity index (χ4v) is 6.92. The van der Waals surface area contributed by atoms with Crippen molar-refractivity contribution in [3.8, 4) is 0 Å². The second-order valence-electron chi connectivity index (χ2n) is 7.24. The number of thioether (sulfide) groups is 1. The van der Waals surface area contributed by atoms with E-state index in [1.807, 2.05) is 54.8 Å². The van der Waals surface area contributed by atoms with E-state index in [-0.39, 0.29) is 29.2 Å². The van der Waals surface area contributed by atoms with E-state index in [0.717, 1.165) is 26.4 Å². The maximum Gasteiger partial charge on any atom is 0.233 e. The number of thiophene rings is 1. The highest BCUT2D eigenvalue weighted by molar-refractivity contribution is 7.99. The number of pyridine rings is 1. The van der Waals surface area contributed by atoms with Gasteiger partial charge < -0.3 is 4.90 Å². The van der Waals surface area contributed by atoms with Crippen LogP contribution in [0.3, 0.4) is 0 Å². The highest BCUT2D eigenvalue weighted by atomic mass is 32.2. The zero-order valence-corrected chi connectivity index (χ0v) is 18.5. The van der Waals surface area contributed by atoms with E-state index >= 15 is 0 Å². The predicted molar refractivity (Wildman–Crippen MR) is 119 cm³/mol. The summed E-state index contributed by atoms with van der Waals surface area (Å²) in [4.78, 5) is 20.5. The molecule has 0 N–H and O–H groups in total. The molecule has 1 aromatic carbocycles. The summed E-state index contributed by atoms with van der Waals surface area (Å²) < 4.78 is 23.9. The molecule has 1 fully saturated rings. The summed E-state index contributed by atoms with van der Waals surface area (Å²) >= 11 is 2.99. The van der Waals surface area contributed by atoms with Gasteiger partial charge in [-0.25, -0.2) is 13.4 Å². The molecule has 4 rings (SSSR count). The maximum absolute atomic E-state index is 13.1. The van der Waals surface area contributed by atoms with E-state index in [1.165, 1.54) is 11.8 Å². The summed E-state index contributed by atoms with van der Waals surface area (Å²) in [6.45, 7) is 2.50. The van der Waals surface area contributed by atoms with Crippen molar-refractivity contribution in [1.82, 2.24) is 9.88 Å². The van der Waals surface area contributed by atoms with Crippen LogP contribution >= 0.6 is 23.1 Å². The zero-order valence-electron chi connectivity index (χ0n) is 16.1. The molecule has 1 saturated heterocycles. The van der Waals surface area contributed by atoms with Crippen LogP contribution in [0.25, 0.3) is 10.9 Å². The van der Waals surface area contributed by atoms with Crippen LogP contribution in [0.1, 0.15) is 16.9 Å². The van der Waals surface area contributed by atoms with Crippen molar-refractivity contribution >= 4 is 49.7 Å². The van der Waals surface area contributed by atoms with E-state index in [0.29, 0.717) is 13.0 Å². The molecular formula is C21H22N2O3S3. The number of fused-ring (bicyclic) bond motifs is 1. The number of nitrogens with zero attached hydrogens (tertiary/aromatic N) is 2. The molecule has 8 heteroatoms. The molecule has 0 spiro atoms. The molecule has 1 aliphatic heterocycles. The molecule has 0 bridgehead atoms. The van der Waals surface area contributed by atoms with E-state index in [2.05, 4.69) is 4.98 Å². The molecule has 3 heterocycles. The van der Waals surface area contributed by atoms with Crippen LogP contribution < -0.4 is 0 Å². The van der Waals surface area contributed by atoms with E-state index < -0.39 is 9.84 Å². The Kier molecular flexibility index (Phi) is 5.94. The lowest BCUT2D eigenvalue weighted by atomic mass is 10.1. The summed E-state index contributed by atoms with van der Waals surface area (Å²) in [7, 11) is -3.06. The smallest absolute Gasteiger partial charge is 0.233 e. The molecule has 1 amide bonds. The number of aryl methyl sites for hydroxylation is 1. The van der Waals surface area contributed by atoms with Crippen LogP contribution in [-0.2, 0) is 21.2 Å². The average Bonchev–Trinajstić information content (AvgIpc) is 3.33. The lowest BCUT2D eigenvalue weighted by molar-refractivity contribution is -0.130. The van der Waals surface area contributed by atoms with E-state index in [9.17, 15) is 13.2 Å². The molecular weight excluding hydrogens is 424 g/mol. The highest BCUT2D eigenvalue weighted by Crippen LogP contribution is 2.26. The lowest BCUT2D eigenvalue weighted by Crippen LogP contribution is -2.41. The van der Waals surface area contributed by atoms with Gasteiger partial charge in [0.15, 0.2) is 9.84 Å². The number of hydrogen-bond donors (Lipinski definition) is 0. The second-order valence-corrected chi connectivity index (χ2v) is 11.5. The summed E-state index contributed by atoms with van der Waals surface area (Å²) in [6, 6.07) is 13.6. The van der Waals surface area contributed by atoms with E-state index in [4.69, 9.17) is 0 Å². The number of amides is 1. The normalized spacial score (nSPS) is 18.2. The molecule has 1 atom stereocenters. The van der Waals surface area contributed by atoms with Crippen molar-refractivity contribution in [2.45, 2.75) is 31.0 Å². The standard InChI is InChI=1S/C21H22N2O3S3/c1-15-11-20(22-19-7-3-2-6-18(15)19)28-13-21(24)23(12-17-5-4-9-27-17)16-8-10-29(25,26)14-16/h2-7,9,11,16H,8,10,12-14H2,1H3. The second kappa shape index (κ2) is 8.45. The molecule has 0 aliphatic carbocycles. The molecule has 3 aromatic rings. The van der Waals surface area contributed by atoms with Gasteiger partial charge in [-0.05, 0) is 42.5 Å². The summed E-state index contributed by atoms with van der Waals surface area (Å²) in [5.74, 6) is 0.414. The van der Waals surface area contributed by atoms with Gasteiger partial charge in [-0.3, -0.25) is 4.79 Å². The summed E-state index contributed by atoms with van der Waals surface area (Å²) in [5.41, 5.74) is 2.04. The number of aromatic nitrogens is 1. The number of rotatable bonds is 6. The Morgan fingerprint density at radius 2 is 2.10 bits per heavy atom. The first kappa shape index (κ1) is 20.4. The molecule has 0 radical (unpaired) electrons. The van der Waals surface area contributed by atoms with E-state index in [1.54, 1.807) is 16.2 Å². The highest BCUT2D eigenvalue weighted by Gasteiger charge is 2.34. The van der Waals surface area contributed by atoms with Crippen molar-refractivity contribution in [2.24, 2.45) is 0 Å². The van der Waals surface area contributed by atoms with Crippen LogP contribution in [-0.4, -0.2) is 47.5 Å². The van der Waals surface area contributed by atoms with Crippen LogP contribution in [0.4, 0.5) is 0 Å². The molecule has 1 unspecified atom stereocenters. The van der Waals surface area contributed by atoms with Gasteiger partial charge in [-0.15, -0.1) is 11.3 Å². The third kappa shape index (κ3) is 4.82. The fourth-order valence-electron chi connectivity index (χ4n) is 3.62. The molecule has 152 valence electrons. The van der Waals surface area contributed by atoms with Gasteiger partial charge >= 0.3 is 0 Å². The van der Waals surface area contributed by atoms with Crippen LogP contribution in [0.5, 0.6) is 0 Å². The Bertz CT molecular complexity index is 1130. The first-order valence-corrected chi connectivity index (χ1v) is 13.1. The van der Waals surface area contributed by atoms with Gasteiger partial charge in [-0.1, -0.05) is 36.0 Å². The van der Waals surface area contributed by atoms with Gasteiger partial charge in [0.25, 0.3) is 0 Å². The third-order valence-electron chi connectivity index (χ3n) is 5.12. The van der Waals surface area contributed by atoms with Gasteiger partial charge in [0.05, 0.1) is 34.3 Å². The van der Waals surface area contributed by atoms with Crippen LogP contribution in [0.15, 0.2) is 52.9 Å². The Balaban J connectivity index is 1.50. The van der Waals surface area contributed by atoms with Crippen molar-refractivity contribution in [3.63, 3.8) is 0 Å². The third-order valence-corrected chi connectivity index (χ3v) is 8.63. The minimum absolute atomic E-state index is 0.0434. The van der Waals surface area contributed by atoms with Crippen molar-refractivity contribution in [1.29, 1.82) is 0 Å². The van der Waals surface area contributed by atoms with Gasteiger partial charge in [0.1, 0.15) is 0 Å². The van der Waals surface area contributed by atoms with Crippen LogP contribution in [0, 0.1) is 6.92 Å². The molecule has 0 saturated carbocycles. The van der Waals surface area contributed by atoms with Crippen molar-refractivity contribution in [3.05, 3.63) is 58.3 Å². The molecule has 2 aromatic heterocycles. The average molecular weight is 447 g/mol. The number of hydrogen-bond acceptors (Lipinski definition) is 6. The first-order chi connectivity index (χ1) is 13.9. The fraction of sp³-hybridized carbons (Fsp3) is 0.333. The first-order valence-electron chi connectivity index (χ1n) is 9.43. The SMILES string of the molecule is Cc1cc(SCC(=O)N(Cc2cccs2)C2CCS(=O)(=O)C2)nc2ccccc12. The molecule has 1 aliphatic rings. The lowest BCUT2D eigenvalue weighted by Gasteiger charge is -2.27. The Morgan fingerprint density at radius 3 is 2.83 bits per heavy atom. The number of carbonyl (C=O) groups excluding carboxylic acids is 1. The minimum atomic E-state index is -3.06. The number of sulfone groups is 1. The topological polar surface area (TPSA) is 67.3 Å². The summed E-state index contributed by atoms with van der Waals surface area (Å²) in [6.07, 6.45) is 0.511. The summed E-state index contributed by atoms with van der Waals surface area (Å²) in [5, 5.41) is 3.89. The molecule has 5 nitrogen and oxygen atoms in total. The zero-order chi connectivity index (χ0) is 20.4. The van der Waals surface area contributed by atoms with Gasteiger partial charge in [0, 0.05) is 16.3 Å². The van der Waals surface area contributed by atoms with Crippen molar-refractivity contribution < 1.29 is 13.2 Å². The monoisotopic (exact) mass is 446 g/mol. The number of benzene rings is 1. The predicted octanol–water partition coefficient (Wildman–Crippen LogP) is 3.91. The quantitative estimate of drug-likeness (QED) is 0.537. The Labute approximate surface area is 179 Å². The Hall–Kier alpha value is -1.90. The molecule has 29 heavy (non-hydrogen) atoms. The number of para-hydroxylation sites is 1. The maximum atomic E-state index is 13.1. The van der Waals surface area contributed by atoms with Crippen molar-refractivity contribution in [2.75, 3.05) is 17.3 Å². The van der Waals surface area contributed by atoms with Gasteiger partial charge in [-0.2, -0.15) is 0 Å². The minimum Gasteiger partial charge on any atom is -0.333 e. The van der Waals surface area contributed by atoms with Crippen LogP contribution in [0.2, 0.25) is 0 Å².